The fourth-order valence-electron chi connectivity index (χ4n) is 4.57. The molecule has 0 unspecified atom stereocenters. The first-order valence-electron chi connectivity index (χ1n) is 9.46. The molecule has 2 saturated heterocycles. The topological polar surface area (TPSA) is 67.4 Å². The number of benzene rings is 1. The molecule has 2 fully saturated rings. The van der Waals surface area contributed by atoms with Gasteiger partial charge in [0, 0.05) is 18.6 Å². The Balaban J connectivity index is 1.53. The van der Waals surface area contributed by atoms with Gasteiger partial charge in [-0.1, -0.05) is 6.07 Å². The SMILES string of the molecule is Cc1ccc(C(=O)N[C@@H]2CCC(=O)N[C@@H]2[C@H]2CCCO2)c2c1CCC2. The summed E-state index contributed by atoms with van der Waals surface area (Å²) in [5, 5.41) is 6.25. The number of ether oxygens (including phenoxy) is 1. The van der Waals surface area contributed by atoms with Gasteiger partial charge in [-0.3, -0.25) is 9.59 Å². The van der Waals surface area contributed by atoms with Crippen LogP contribution in [0.25, 0.3) is 0 Å². The first-order valence-corrected chi connectivity index (χ1v) is 9.46. The molecule has 3 atom stereocenters. The van der Waals surface area contributed by atoms with Crippen LogP contribution < -0.4 is 10.6 Å². The number of piperidine rings is 1. The highest BCUT2D eigenvalue weighted by molar-refractivity contribution is 5.96. The molecular weight excluding hydrogens is 316 g/mol. The number of fused-ring (bicyclic) bond motifs is 1. The molecule has 0 aromatic heterocycles. The maximum absolute atomic E-state index is 13.0. The third-order valence-electron chi connectivity index (χ3n) is 5.89. The Morgan fingerprint density at radius 1 is 1.16 bits per heavy atom. The monoisotopic (exact) mass is 342 g/mol. The molecule has 2 heterocycles. The third kappa shape index (κ3) is 3.17. The zero-order valence-corrected chi connectivity index (χ0v) is 14.8. The van der Waals surface area contributed by atoms with Gasteiger partial charge in [0.1, 0.15) is 0 Å². The minimum atomic E-state index is -0.119. The molecule has 2 N–H and O–H groups in total. The molecule has 0 saturated carbocycles. The average Bonchev–Trinajstić information content (AvgIpc) is 3.28. The summed E-state index contributed by atoms with van der Waals surface area (Å²) < 4.78 is 5.78. The number of hydrogen-bond acceptors (Lipinski definition) is 3. The molecule has 1 aromatic carbocycles. The predicted molar refractivity (Wildman–Crippen MR) is 94.6 cm³/mol. The van der Waals surface area contributed by atoms with E-state index in [2.05, 4.69) is 23.6 Å². The van der Waals surface area contributed by atoms with Crippen LogP contribution in [-0.4, -0.2) is 36.6 Å². The van der Waals surface area contributed by atoms with Crippen LogP contribution in [0.15, 0.2) is 12.1 Å². The van der Waals surface area contributed by atoms with Crippen LogP contribution in [0.4, 0.5) is 0 Å². The van der Waals surface area contributed by atoms with Crippen molar-refractivity contribution in [3.8, 4) is 0 Å². The largest absolute Gasteiger partial charge is 0.376 e. The fourth-order valence-corrected chi connectivity index (χ4v) is 4.57. The van der Waals surface area contributed by atoms with E-state index in [1.54, 1.807) is 0 Å². The highest BCUT2D eigenvalue weighted by Gasteiger charge is 2.38. The molecule has 5 heteroatoms. The molecule has 1 aromatic rings. The van der Waals surface area contributed by atoms with Gasteiger partial charge in [0.2, 0.25) is 5.91 Å². The van der Waals surface area contributed by atoms with Crippen molar-refractivity contribution in [1.82, 2.24) is 10.6 Å². The van der Waals surface area contributed by atoms with Crippen molar-refractivity contribution in [2.24, 2.45) is 0 Å². The lowest BCUT2D eigenvalue weighted by atomic mass is 9.91. The maximum Gasteiger partial charge on any atom is 0.251 e. The number of carbonyl (C=O) groups is 2. The molecule has 1 aliphatic carbocycles. The normalized spacial score (nSPS) is 28.5. The first-order chi connectivity index (χ1) is 12.1. The van der Waals surface area contributed by atoms with E-state index >= 15 is 0 Å². The number of amides is 2. The zero-order chi connectivity index (χ0) is 17.4. The minimum Gasteiger partial charge on any atom is -0.376 e. The second kappa shape index (κ2) is 6.79. The van der Waals surface area contributed by atoms with Crippen LogP contribution in [0.2, 0.25) is 0 Å². The molecule has 2 aliphatic heterocycles. The van der Waals surface area contributed by atoms with Crippen molar-refractivity contribution in [1.29, 1.82) is 0 Å². The van der Waals surface area contributed by atoms with Gasteiger partial charge in [0.25, 0.3) is 5.91 Å². The van der Waals surface area contributed by atoms with Gasteiger partial charge in [-0.25, -0.2) is 0 Å². The molecule has 134 valence electrons. The van der Waals surface area contributed by atoms with Crippen molar-refractivity contribution in [3.05, 3.63) is 34.4 Å². The Bertz CT molecular complexity index is 694. The first kappa shape index (κ1) is 16.6. The van der Waals surface area contributed by atoms with E-state index in [0.29, 0.717) is 12.8 Å². The Kier molecular flexibility index (Phi) is 4.50. The molecule has 3 aliphatic rings. The van der Waals surface area contributed by atoms with E-state index in [9.17, 15) is 9.59 Å². The van der Waals surface area contributed by atoms with Crippen molar-refractivity contribution in [2.45, 2.75) is 70.1 Å². The Morgan fingerprint density at radius 3 is 2.80 bits per heavy atom. The van der Waals surface area contributed by atoms with E-state index in [1.807, 2.05) is 6.07 Å². The quantitative estimate of drug-likeness (QED) is 0.883. The van der Waals surface area contributed by atoms with Crippen molar-refractivity contribution in [3.63, 3.8) is 0 Å². The summed E-state index contributed by atoms with van der Waals surface area (Å²) in [5.74, 6) is 0.0459. The van der Waals surface area contributed by atoms with E-state index < -0.39 is 0 Å². The van der Waals surface area contributed by atoms with E-state index in [0.717, 1.165) is 44.3 Å². The summed E-state index contributed by atoms with van der Waals surface area (Å²) in [6.45, 7) is 2.86. The minimum absolute atomic E-state index is 0.0118. The van der Waals surface area contributed by atoms with Gasteiger partial charge in [-0.05, 0) is 68.2 Å². The van der Waals surface area contributed by atoms with Crippen molar-refractivity contribution in [2.75, 3.05) is 6.61 Å². The maximum atomic E-state index is 13.0. The zero-order valence-electron chi connectivity index (χ0n) is 14.8. The predicted octanol–water partition coefficient (Wildman–Crippen LogP) is 2.04. The number of hydrogen-bond donors (Lipinski definition) is 2. The van der Waals surface area contributed by atoms with Gasteiger partial charge in [0.05, 0.1) is 18.2 Å². The number of nitrogens with one attached hydrogen (secondary N) is 2. The Morgan fingerprint density at radius 2 is 2.00 bits per heavy atom. The van der Waals surface area contributed by atoms with Crippen molar-refractivity contribution >= 4 is 11.8 Å². The summed E-state index contributed by atoms with van der Waals surface area (Å²) in [4.78, 5) is 24.8. The van der Waals surface area contributed by atoms with E-state index in [1.165, 1.54) is 16.7 Å². The van der Waals surface area contributed by atoms with Crippen LogP contribution in [0, 0.1) is 6.92 Å². The molecule has 0 spiro atoms. The van der Waals surface area contributed by atoms with Gasteiger partial charge in [-0.15, -0.1) is 0 Å². The van der Waals surface area contributed by atoms with Crippen LogP contribution in [0.5, 0.6) is 0 Å². The van der Waals surface area contributed by atoms with Crippen LogP contribution in [0.1, 0.15) is 59.2 Å². The summed E-state index contributed by atoms with van der Waals surface area (Å²) >= 11 is 0. The molecular formula is C20H26N2O3. The average molecular weight is 342 g/mol. The second-order valence-corrected chi connectivity index (χ2v) is 7.50. The van der Waals surface area contributed by atoms with E-state index in [-0.39, 0.29) is 30.0 Å². The third-order valence-corrected chi connectivity index (χ3v) is 5.89. The fraction of sp³-hybridized carbons (Fsp3) is 0.600. The molecule has 5 nitrogen and oxygen atoms in total. The summed E-state index contributed by atoms with van der Waals surface area (Å²) in [7, 11) is 0. The summed E-state index contributed by atoms with van der Waals surface area (Å²) in [5.41, 5.74) is 4.65. The highest BCUT2D eigenvalue weighted by Crippen LogP contribution is 2.29. The van der Waals surface area contributed by atoms with Crippen molar-refractivity contribution < 1.29 is 14.3 Å². The molecule has 25 heavy (non-hydrogen) atoms. The Labute approximate surface area is 148 Å². The highest BCUT2D eigenvalue weighted by atomic mass is 16.5. The van der Waals surface area contributed by atoms with Crippen LogP contribution >= 0.6 is 0 Å². The second-order valence-electron chi connectivity index (χ2n) is 7.50. The lowest BCUT2D eigenvalue weighted by Gasteiger charge is -2.36. The standard InChI is InChI=1S/C20H26N2O3/c1-12-7-8-15(14-5-2-4-13(12)14)20(24)21-16-9-10-18(23)22-19(16)17-6-3-11-25-17/h7-8,16-17,19H,2-6,9-11H2,1H3,(H,21,24)(H,22,23)/t16-,17-,19+/m1/s1. The van der Waals surface area contributed by atoms with Gasteiger partial charge < -0.3 is 15.4 Å². The van der Waals surface area contributed by atoms with Crippen LogP contribution in [0.3, 0.4) is 0 Å². The lowest BCUT2D eigenvalue weighted by molar-refractivity contribution is -0.125. The molecule has 2 amide bonds. The van der Waals surface area contributed by atoms with Gasteiger partial charge in [-0.2, -0.15) is 0 Å². The lowest BCUT2D eigenvalue weighted by Crippen LogP contribution is -2.60. The smallest absolute Gasteiger partial charge is 0.251 e. The molecule has 4 rings (SSSR count). The van der Waals surface area contributed by atoms with Gasteiger partial charge >= 0.3 is 0 Å². The number of aryl methyl sites for hydroxylation is 1. The summed E-state index contributed by atoms with van der Waals surface area (Å²) in [6, 6.07) is 3.83. The Hall–Kier alpha value is -1.88. The molecule has 0 radical (unpaired) electrons. The van der Waals surface area contributed by atoms with E-state index in [4.69, 9.17) is 4.74 Å². The number of carbonyl (C=O) groups excluding carboxylic acids is 2. The molecule has 0 bridgehead atoms. The van der Waals surface area contributed by atoms with Crippen LogP contribution in [-0.2, 0) is 22.4 Å². The number of rotatable bonds is 3. The van der Waals surface area contributed by atoms with Gasteiger partial charge in [0.15, 0.2) is 0 Å². The summed E-state index contributed by atoms with van der Waals surface area (Å²) in [6.07, 6.45) is 6.28.